The molecule has 0 aliphatic carbocycles. The quantitative estimate of drug-likeness (QED) is 0.676. The number of hydrogen-bond acceptors (Lipinski definition) is 7. The molecule has 2 aliphatic heterocycles. The molecule has 0 amide bonds. The van der Waals surface area contributed by atoms with E-state index < -0.39 is 0 Å². The third kappa shape index (κ3) is 3.80. The Labute approximate surface area is 170 Å². The Morgan fingerprint density at radius 1 is 0.966 bits per heavy atom. The molecule has 5 heterocycles. The third-order valence-corrected chi connectivity index (χ3v) is 6.18. The first-order valence-electron chi connectivity index (χ1n) is 10.4. The van der Waals surface area contributed by atoms with Crippen molar-refractivity contribution in [3.8, 4) is 22.6 Å². The van der Waals surface area contributed by atoms with Gasteiger partial charge in [0.25, 0.3) is 0 Å². The Balaban J connectivity index is 1.32. The summed E-state index contributed by atoms with van der Waals surface area (Å²) in [5.41, 5.74) is 2.82. The molecule has 29 heavy (non-hydrogen) atoms. The van der Waals surface area contributed by atoms with Crippen molar-refractivity contribution in [3.05, 3.63) is 48.7 Å². The van der Waals surface area contributed by atoms with Crippen molar-refractivity contribution in [3.63, 3.8) is 0 Å². The second kappa shape index (κ2) is 8.00. The Morgan fingerprint density at radius 3 is 2.55 bits per heavy atom. The van der Waals surface area contributed by atoms with Crippen LogP contribution < -0.4 is 0 Å². The average Bonchev–Trinajstić information content (AvgIpc) is 3.45. The summed E-state index contributed by atoms with van der Waals surface area (Å²) in [6, 6.07) is 8.75. The van der Waals surface area contributed by atoms with E-state index in [1.54, 1.807) is 12.4 Å². The van der Waals surface area contributed by atoms with Gasteiger partial charge in [-0.3, -0.25) is 14.9 Å². The maximum Gasteiger partial charge on any atom is 0.244 e. The number of aromatic nitrogens is 4. The van der Waals surface area contributed by atoms with Gasteiger partial charge in [-0.2, -0.15) is 4.98 Å². The molecule has 0 aromatic carbocycles. The van der Waals surface area contributed by atoms with E-state index >= 15 is 0 Å². The Morgan fingerprint density at radius 2 is 1.79 bits per heavy atom. The van der Waals surface area contributed by atoms with Crippen LogP contribution in [0.25, 0.3) is 22.6 Å². The van der Waals surface area contributed by atoms with E-state index in [2.05, 4.69) is 32.0 Å². The molecule has 0 spiro atoms. The lowest BCUT2D eigenvalue weighted by Gasteiger charge is -2.37. The molecule has 7 heteroatoms. The van der Waals surface area contributed by atoms with Crippen LogP contribution >= 0.6 is 0 Å². The second-order valence-corrected chi connectivity index (χ2v) is 8.05. The Hall–Kier alpha value is -2.64. The summed E-state index contributed by atoms with van der Waals surface area (Å²) >= 11 is 0. The molecule has 0 unspecified atom stereocenters. The lowest BCUT2D eigenvalue weighted by atomic mass is 10.0. The van der Waals surface area contributed by atoms with Gasteiger partial charge in [-0.1, -0.05) is 5.16 Å². The SMILES string of the molecule is CN1CCC(N2CCC[C@H]2c2nc(-c3ccc(-c4ccncc4)nc3)no2)CC1. The largest absolute Gasteiger partial charge is 0.337 e. The first kappa shape index (κ1) is 18.4. The van der Waals surface area contributed by atoms with Crippen molar-refractivity contribution in [1.29, 1.82) is 0 Å². The van der Waals surface area contributed by atoms with Gasteiger partial charge < -0.3 is 9.42 Å². The summed E-state index contributed by atoms with van der Waals surface area (Å²) in [6.45, 7) is 3.45. The number of hydrogen-bond donors (Lipinski definition) is 0. The number of rotatable bonds is 4. The molecule has 0 N–H and O–H groups in total. The van der Waals surface area contributed by atoms with Gasteiger partial charge in [-0.15, -0.1) is 0 Å². The zero-order valence-electron chi connectivity index (χ0n) is 16.7. The van der Waals surface area contributed by atoms with E-state index in [1.165, 1.54) is 32.4 Å². The predicted molar refractivity (Wildman–Crippen MR) is 110 cm³/mol. The summed E-state index contributed by atoms with van der Waals surface area (Å²) in [6.07, 6.45) is 10.1. The standard InChI is InChI=1S/C22H26N6O/c1-27-13-8-18(9-14-27)28-12-2-3-20(28)22-25-21(26-29-22)17-4-5-19(24-15-17)16-6-10-23-11-7-16/h4-7,10-11,15,18,20H,2-3,8-9,12-14H2,1H3/t20-/m0/s1. The Kier molecular flexibility index (Phi) is 5.08. The number of likely N-dealkylation sites (tertiary alicyclic amines) is 2. The van der Waals surface area contributed by atoms with E-state index in [1.807, 2.05) is 30.5 Å². The highest BCUT2D eigenvalue weighted by Gasteiger charge is 2.36. The lowest BCUT2D eigenvalue weighted by Crippen LogP contribution is -2.43. The van der Waals surface area contributed by atoms with Crippen LogP contribution in [-0.2, 0) is 0 Å². The molecule has 1 atom stereocenters. The number of nitrogens with zero attached hydrogens (tertiary/aromatic N) is 6. The maximum atomic E-state index is 5.71. The first-order chi connectivity index (χ1) is 14.3. The molecule has 2 fully saturated rings. The van der Waals surface area contributed by atoms with E-state index in [0.29, 0.717) is 11.9 Å². The summed E-state index contributed by atoms with van der Waals surface area (Å²) in [5, 5.41) is 4.25. The van der Waals surface area contributed by atoms with Gasteiger partial charge in [0.2, 0.25) is 11.7 Å². The molecular weight excluding hydrogens is 364 g/mol. The van der Waals surface area contributed by atoms with Gasteiger partial charge >= 0.3 is 0 Å². The zero-order chi connectivity index (χ0) is 19.6. The number of pyridine rings is 2. The van der Waals surface area contributed by atoms with Crippen molar-refractivity contribution < 1.29 is 4.52 Å². The maximum absolute atomic E-state index is 5.71. The topological polar surface area (TPSA) is 71.2 Å². The third-order valence-electron chi connectivity index (χ3n) is 6.18. The summed E-state index contributed by atoms with van der Waals surface area (Å²) < 4.78 is 5.71. The lowest BCUT2D eigenvalue weighted by molar-refractivity contribution is 0.0958. The van der Waals surface area contributed by atoms with E-state index in [0.717, 1.165) is 35.7 Å². The minimum absolute atomic E-state index is 0.244. The van der Waals surface area contributed by atoms with Crippen LogP contribution in [-0.4, -0.2) is 62.6 Å². The highest BCUT2D eigenvalue weighted by atomic mass is 16.5. The van der Waals surface area contributed by atoms with Crippen LogP contribution in [0.5, 0.6) is 0 Å². The molecule has 3 aromatic heterocycles. The number of piperidine rings is 1. The van der Waals surface area contributed by atoms with Gasteiger partial charge in [-0.25, -0.2) is 0 Å². The fourth-order valence-corrected chi connectivity index (χ4v) is 4.53. The van der Waals surface area contributed by atoms with E-state index in [-0.39, 0.29) is 6.04 Å². The molecule has 7 nitrogen and oxygen atoms in total. The predicted octanol–water partition coefficient (Wildman–Crippen LogP) is 3.42. The minimum Gasteiger partial charge on any atom is -0.337 e. The van der Waals surface area contributed by atoms with Gasteiger partial charge in [0, 0.05) is 35.8 Å². The van der Waals surface area contributed by atoms with Crippen LogP contribution in [0.1, 0.15) is 37.6 Å². The van der Waals surface area contributed by atoms with Crippen LogP contribution in [0.4, 0.5) is 0 Å². The van der Waals surface area contributed by atoms with Crippen LogP contribution in [0, 0.1) is 0 Å². The molecule has 150 valence electrons. The van der Waals surface area contributed by atoms with Gasteiger partial charge in [0.15, 0.2) is 0 Å². The van der Waals surface area contributed by atoms with Crippen molar-refractivity contribution >= 4 is 0 Å². The molecule has 0 radical (unpaired) electrons. The monoisotopic (exact) mass is 390 g/mol. The first-order valence-corrected chi connectivity index (χ1v) is 10.4. The van der Waals surface area contributed by atoms with E-state index in [4.69, 9.17) is 9.51 Å². The molecular formula is C22H26N6O. The highest BCUT2D eigenvalue weighted by Crippen LogP contribution is 2.36. The van der Waals surface area contributed by atoms with Crippen molar-refractivity contribution in [1.82, 2.24) is 29.9 Å². The summed E-state index contributed by atoms with van der Waals surface area (Å²) in [4.78, 5) is 18.4. The molecule has 2 aliphatic rings. The summed E-state index contributed by atoms with van der Waals surface area (Å²) in [7, 11) is 2.20. The zero-order valence-corrected chi connectivity index (χ0v) is 16.7. The Bertz CT molecular complexity index is 933. The van der Waals surface area contributed by atoms with Crippen LogP contribution in [0.2, 0.25) is 0 Å². The van der Waals surface area contributed by atoms with Crippen molar-refractivity contribution in [2.24, 2.45) is 0 Å². The van der Waals surface area contributed by atoms with Gasteiger partial charge in [0.1, 0.15) is 0 Å². The minimum atomic E-state index is 0.244. The highest BCUT2D eigenvalue weighted by molar-refractivity contribution is 5.62. The van der Waals surface area contributed by atoms with Crippen molar-refractivity contribution in [2.45, 2.75) is 37.8 Å². The normalized spacial score (nSPS) is 21.6. The van der Waals surface area contributed by atoms with Gasteiger partial charge in [0.05, 0.1) is 11.7 Å². The van der Waals surface area contributed by atoms with Crippen LogP contribution in [0.3, 0.4) is 0 Å². The fraction of sp³-hybridized carbons (Fsp3) is 0.455. The average molecular weight is 390 g/mol. The second-order valence-electron chi connectivity index (χ2n) is 8.05. The molecule has 5 rings (SSSR count). The molecule has 2 saturated heterocycles. The molecule has 0 saturated carbocycles. The van der Waals surface area contributed by atoms with E-state index in [9.17, 15) is 0 Å². The molecule has 3 aromatic rings. The van der Waals surface area contributed by atoms with Crippen LogP contribution in [0.15, 0.2) is 47.4 Å². The smallest absolute Gasteiger partial charge is 0.244 e. The van der Waals surface area contributed by atoms with Gasteiger partial charge in [-0.05, 0) is 76.6 Å². The fourth-order valence-electron chi connectivity index (χ4n) is 4.53. The summed E-state index contributed by atoms with van der Waals surface area (Å²) in [5.74, 6) is 1.36. The molecule has 0 bridgehead atoms. The van der Waals surface area contributed by atoms with Crippen molar-refractivity contribution in [2.75, 3.05) is 26.7 Å².